The standard InChI is InChI=1S/C19H33N3O2S/c1-7-8-9-10-11-12-17(24)22(19(4,5)6)13-16(23)21-18-20-14(2)15(3)25-18/h7-13H2,1-6H3,(H,20,21,23). The molecule has 1 aromatic heterocycles. The summed E-state index contributed by atoms with van der Waals surface area (Å²) in [7, 11) is 0. The van der Waals surface area contributed by atoms with E-state index in [-0.39, 0.29) is 23.9 Å². The first-order chi connectivity index (χ1) is 11.6. The summed E-state index contributed by atoms with van der Waals surface area (Å²) in [6.45, 7) is 12.0. The summed E-state index contributed by atoms with van der Waals surface area (Å²) in [5.74, 6) is -0.145. The molecular weight excluding hydrogens is 334 g/mol. The maximum atomic E-state index is 12.6. The van der Waals surface area contributed by atoms with Crippen molar-refractivity contribution in [2.45, 2.75) is 85.6 Å². The Morgan fingerprint density at radius 1 is 1.12 bits per heavy atom. The highest BCUT2D eigenvalue weighted by Gasteiger charge is 2.28. The molecule has 0 bridgehead atoms. The van der Waals surface area contributed by atoms with Gasteiger partial charge in [0.25, 0.3) is 0 Å². The molecule has 0 fully saturated rings. The summed E-state index contributed by atoms with van der Waals surface area (Å²) in [5.41, 5.74) is 0.545. The summed E-state index contributed by atoms with van der Waals surface area (Å²) in [5, 5.41) is 3.42. The molecule has 0 saturated carbocycles. The molecule has 0 saturated heterocycles. The molecule has 0 atom stereocenters. The van der Waals surface area contributed by atoms with Crippen LogP contribution >= 0.6 is 11.3 Å². The van der Waals surface area contributed by atoms with Gasteiger partial charge in [-0.05, 0) is 41.0 Å². The number of rotatable bonds is 9. The van der Waals surface area contributed by atoms with E-state index in [9.17, 15) is 9.59 Å². The number of hydrogen-bond donors (Lipinski definition) is 1. The minimum atomic E-state index is -0.382. The van der Waals surface area contributed by atoms with E-state index in [1.165, 1.54) is 30.6 Å². The second-order valence-corrected chi connectivity index (χ2v) is 8.73. The number of unbranched alkanes of at least 4 members (excludes halogenated alkanes) is 4. The van der Waals surface area contributed by atoms with Crippen LogP contribution in [0.3, 0.4) is 0 Å². The lowest BCUT2D eigenvalue weighted by molar-refractivity contribution is -0.139. The third-order valence-corrected chi connectivity index (χ3v) is 5.17. The van der Waals surface area contributed by atoms with E-state index < -0.39 is 0 Å². The van der Waals surface area contributed by atoms with Gasteiger partial charge in [-0.3, -0.25) is 9.59 Å². The molecule has 5 nitrogen and oxygen atoms in total. The number of nitrogens with zero attached hydrogens (tertiary/aromatic N) is 2. The zero-order valence-corrected chi connectivity index (χ0v) is 17.4. The number of amides is 2. The molecular formula is C19H33N3O2S. The maximum absolute atomic E-state index is 12.6. The van der Waals surface area contributed by atoms with E-state index in [2.05, 4.69) is 17.2 Å². The molecule has 25 heavy (non-hydrogen) atoms. The molecule has 0 aromatic carbocycles. The van der Waals surface area contributed by atoms with Crippen molar-refractivity contribution in [2.24, 2.45) is 0 Å². The Morgan fingerprint density at radius 3 is 2.28 bits per heavy atom. The summed E-state index contributed by atoms with van der Waals surface area (Å²) in [4.78, 5) is 32.1. The van der Waals surface area contributed by atoms with Crippen LogP contribution in [0.4, 0.5) is 5.13 Å². The van der Waals surface area contributed by atoms with Gasteiger partial charge in [-0.2, -0.15) is 0 Å². The van der Waals surface area contributed by atoms with Crippen molar-refractivity contribution in [1.29, 1.82) is 0 Å². The van der Waals surface area contributed by atoms with Crippen LogP contribution in [0.25, 0.3) is 0 Å². The zero-order valence-electron chi connectivity index (χ0n) is 16.6. The van der Waals surface area contributed by atoms with Gasteiger partial charge in [-0.15, -0.1) is 11.3 Å². The summed E-state index contributed by atoms with van der Waals surface area (Å²) in [6.07, 6.45) is 6.04. The molecule has 0 radical (unpaired) electrons. The minimum Gasteiger partial charge on any atom is -0.329 e. The molecule has 2 amide bonds. The molecule has 0 aliphatic carbocycles. The Kier molecular flexibility index (Phi) is 8.56. The van der Waals surface area contributed by atoms with Crippen LogP contribution in [-0.4, -0.2) is 33.8 Å². The Morgan fingerprint density at radius 2 is 1.76 bits per heavy atom. The minimum absolute atomic E-state index is 0.0469. The number of carbonyl (C=O) groups is 2. The average molecular weight is 368 g/mol. The Bertz CT molecular complexity index is 556. The predicted octanol–water partition coefficient (Wildman–Crippen LogP) is 4.69. The van der Waals surface area contributed by atoms with Gasteiger partial charge in [0.2, 0.25) is 11.8 Å². The van der Waals surface area contributed by atoms with Gasteiger partial charge in [-0.1, -0.05) is 32.6 Å². The molecule has 142 valence electrons. The molecule has 1 aromatic rings. The van der Waals surface area contributed by atoms with Crippen molar-refractivity contribution in [1.82, 2.24) is 9.88 Å². The largest absolute Gasteiger partial charge is 0.329 e. The average Bonchev–Trinajstić information content (AvgIpc) is 2.81. The second kappa shape index (κ2) is 9.90. The number of aryl methyl sites for hydroxylation is 2. The maximum Gasteiger partial charge on any atom is 0.245 e. The lowest BCUT2D eigenvalue weighted by Crippen LogP contribution is -2.49. The molecule has 1 heterocycles. The fourth-order valence-corrected chi connectivity index (χ4v) is 3.37. The van der Waals surface area contributed by atoms with Gasteiger partial charge in [0.1, 0.15) is 6.54 Å². The van der Waals surface area contributed by atoms with Crippen molar-refractivity contribution in [2.75, 3.05) is 11.9 Å². The third kappa shape index (κ3) is 7.55. The Hall–Kier alpha value is -1.43. The van der Waals surface area contributed by atoms with Gasteiger partial charge in [0.05, 0.1) is 5.69 Å². The highest BCUT2D eigenvalue weighted by atomic mass is 32.1. The summed E-state index contributed by atoms with van der Waals surface area (Å²) in [6, 6.07) is 0. The second-order valence-electron chi connectivity index (χ2n) is 7.52. The number of hydrogen-bond acceptors (Lipinski definition) is 4. The Labute approximate surface area is 156 Å². The number of carbonyl (C=O) groups excluding carboxylic acids is 2. The molecule has 0 aliphatic heterocycles. The van der Waals surface area contributed by atoms with Gasteiger partial charge in [0, 0.05) is 16.8 Å². The van der Waals surface area contributed by atoms with Gasteiger partial charge >= 0.3 is 0 Å². The Balaban J connectivity index is 2.60. The topological polar surface area (TPSA) is 62.3 Å². The lowest BCUT2D eigenvalue weighted by atomic mass is 10.0. The number of anilines is 1. The van der Waals surface area contributed by atoms with Crippen LogP contribution in [0, 0.1) is 13.8 Å². The monoisotopic (exact) mass is 367 g/mol. The first-order valence-electron chi connectivity index (χ1n) is 9.19. The predicted molar refractivity (Wildman–Crippen MR) is 105 cm³/mol. The van der Waals surface area contributed by atoms with E-state index in [0.717, 1.165) is 23.4 Å². The lowest BCUT2D eigenvalue weighted by Gasteiger charge is -2.35. The molecule has 0 unspecified atom stereocenters. The van der Waals surface area contributed by atoms with Crippen molar-refractivity contribution in [3.05, 3.63) is 10.6 Å². The number of aromatic nitrogens is 1. The van der Waals surface area contributed by atoms with E-state index in [1.54, 1.807) is 4.90 Å². The van der Waals surface area contributed by atoms with E-state index in [4.69, 9.17) is 0 Å². The highest BCUT2D eigenvalue weighted by Crippen LogP contribution is 2.22. The first kappa shape index (κ1) is 21.6. The van der Waals surface area contributed by atoms with Crippen LogP contribution < -0.4 is 5.32 Å². The normalized spacial score (nSPS) is 11.4. The molecule has 0 aliphatic rings. The van der Waals surface area contributed by atoms with Crippen molar-refractivity contribution >= 4 is 28.3 Å². The SMILES string of the molecule is CCCCCCCC(=O)N(CC(=O)Nc1nc(C)c(C)s1)C(C)(C)C. The number of nitrogens with one attached hydrogen (secondary N) is 1. The fraction of sp³-hybridized carbons (Fsp3) is 0.737. The van der Waals surface area contributed by atoms with Crippen molar-refractivity contribution < 1.29 is 9.59 Å². The summed E-state index contributed by atoms with van der Waals surface area (Å²) >= 11 is 1.46. The van der Waals surface area contributed by atoms with Gasteiger partial charge < -0.3 is 10.2 Å². The zero-order chi connectivity index (χ0) is 19.0. The van der Waals surface area contributed by atoms with Crippen LogP contribution in [0.1, 0.15) is 76.8 Å². The molecule has 1 rings (SSSR count). The van der Waals surface area contributed by atoms with E-state index >= 15 is 0 Å². The van der Waals surface area contributed by atoms with Gasteiger partial charge in [0.15, 0.2) is 5.13 Å². The molecule has 1 N–H and O–H groups in total. The van der Waals surface area contributed by atoms with E-state index in [1.807, 2.05) is 34.6 Å². The van der Waals surface area contributed by atoms with Crippen LogP contribution in [0.15, 0.2) is 0 Å². The number of thiazole rings is 1. The van der Waals surface area contributed by atoms with E-state index in [0.29, 0.717) is 11.6 Å². The fourth-order valence-electron chi connectivity index (χ4n) is 2.54. The van der Waals surface area contributed by atoms with Crippen molar-refractivity contribution in [3.63, 3.8) is 0 Å². The van der Waals surface area contributed by atoms with Crippen LogP contribution in [0.2, 0.25) is 0 Å². The molecule has 6 heteroatoms. The third-order valence-electron chi connectivity index (χ3n) is 4.18. The smallest absolute Gasteiger partial charge is 0.245 e. The molecule has 0 spiro atoms. The van der Waals surface area contributed by atoms with Gasteiger partial charge in [-0.25, -0.2) is 4.98 Å². The van der Waals surface area contributed by atoms with Crippen molar-refractivity contribution in [3.8, 4) is 0 Å². The van der Waals surface area contributed by atoms with Crippen LogP contribution in [0.5, 0.6) is 0 Å². The summed E-state index contributed by atoms with van der Waals surface area (Å²) < 4.78 is 0. The quantitative estimate of drug-likeness (QED) is 0.644. The first-order valence-corrected chi connectivity index (χ1v) is 10.0. The van der Waals surface area contributed by atoms with Crippen LogP contribution in [-0.2, 0) is 9.59 Å². The highest BCUT2D eigenvalue weighted by molar-refractivity contribution is 7.15.